The highest BCUT2D eigenvalue weighted by Gasteiger charge is 2.59. The lowest BCUT2D eigenvalue weighted by molar-refractivity contribution is -0.584. The summed E-state index contributed by atoms with van der Waals surface area (Å²) in [6.45, 7) is 23.7. The number of hydrogen-bond acceptors (Lipinski definition) is 6. The van der Waals surface area contributed by atoms with Gasteiger partial charge in [-0.3, -0.25) is 0 Å². The summed E-state index contributed by atoms with van der Waals surface area (Å²) in [5, 5.41) is 0. The van der Waals surface area contributed by atoms with E-state index in [9.17, 15) is 0 Å². The largest absolute Gasteiger partial charge is 0.263 e. The average Bonchev–Trinajstić information content (AvgIpc) is 2.38. The molecule has 6 nitrogen and oxygen atoms in total. The molecule has 6 heteroatoms. The average molecular weight is 391 g/mol. The monoisotopic (exact) mass is 390 g/mol. The van der Waals surface area contributed by atoms with Crippen molar-refractivity contribution >= 4 is 0 Å². The van der Waals surface area contributed by atoms with E-state index in [0.29, 0.717) is 12.3 Å². The molecule has 0 N–H and O–H groups in total. The molecule has 1 rings (SSSR count). The molecule has 2 unspecified atom stereocenters. The highest BCUT2D eigenvalue weighted by Crippen LogP contribution is 2.49. The van der Waals surface area contributed by atoms with Crippen LogP contribution in [0.15, 0.2) is 0 Å². The summed E-state index contributed by atoms with van der Waals surface area (Å²) >= 11 is 0. The minimum Gasteiger partial charge on any atom is -0.230 e. The fraction of sp³-hybridized carbons (Fsp3) is 1.00. The molecule has 1 aliphatic carbocycles. The summed E-state index contributed by atoms with van der Waals surface area (Å²) in [6.07, 6.45) is 0.941. The third-order valence-corrected chi connectivity index (χ3v) is 3.88. The van der Waals surface area contributed by atoms with Crippen LogP contribution in [0.5, 0.6) is 0 Å². The Morgan fingerprint density at radius 2 is 1.07 bits per heavy atom. The first-order chi connectivity index (χ1) is 11.9. The minimum absolute atomic E-state index is 0.286. The maximum absolute atomic E-state index is 5.96. The molecular weight excluding hydrogens is 348 g/mol. The first-order valence-corrected chi connectivity index (χ1v) is 9.93. The standard InChI is InChI=1S/C21H42O6/c1-15-13-20(11,12)16(22-23-17(2,3)4)21(14-15,26-24-18(5,6)7)27-25-19(8,9)10/h15-16H,13-14H2,1-12H3. The third-order valence-electron chi connectivity index (χ3n) is 3.88. The van der Waals surface area contributed by atoms with Crippen LogP contribution in [0.3, 0.4) is 0 Å². The summed E-state index contributed by atoms with van der Waals surface area (Å²) in [5.41, 5.74) is -1.79. The Labute approximate surface area is 166 Å². The zero-order valence-corrected chi connectivity index (χ0v) is 19.5. The van der Waals surface area contributed by atoms with Crippen LogP contribution >= 0.6 is 0 Å². The normalized spacial score (nSPS) is 26.2. The molecule has 0 radical (unpaired) electrons. The second kappa shape index (κ2) is 8.25. The van der Waals surface area contributed by atoms with Gasteiger partial charge in [0, 0.05) is 6.42 Å². The Balaban J connectivity index is 3.25. The van der Waals surface area contributed by atoms with Crippen LogP contribution in [0.1, 0.15) is 95.9 Å². The molecule has 1 aliphatic rings. The smallest absolute Gasteiger partial charge is 0.230 e. The van der Waals surface area contributed by atoms with Gasteiger partial charge < -0.3 is 0 Å². The summed E-state index contributed by atoms with van der Waals surface area (Å²) < 4.78 is 0. The Bertz CT molecular complexity index is 449. The van der Waals surface area contributed by atoms with Crippen molar-refractivity contribution in [2.24, 2.45) is 11.3 Å². The molecule has 0 aromatic rings. The van der Waals surface area contributed by atoms with Crippen molar-refractivity contribution < 1.29 is 29.3 Å². The fourth-order valence-electron chi connectivity index (χ4n) is 3.22. The van der Waals surface area contributed by atoms with Crippen molar-refractivity contribution in [3.63, 3.8) is 0 Å². The second-order valence-electron chi connectivity index (χ2n) is 11.5. The van der Waals surface area contributed by atoms with E-state index in [1.165, 1.54) is 0 Å². The van der Waals surface area contributed by atoms with E-state index in [-0.39, 0.29) is 5.41 Å². The molecule has 0 heterocycles. The minimum atomic E-state index is -1.26. The van der Waals surface area contributed by atoms with E-state index < -0.39 is 28.7 Å². The molecular formula is C21H42O6. The van der Waals surface area contributed by atoms with E-state index in [2.05, 4.69) is 20.8 Å². The number of hydrogen-bond donors (Lipinski definition) is 0. The van der Waals surface area contributed by atoms with Gasteiger partial charge in [-0.25, -0.2) is 19.6 Å². The Morgan fingerprint density at radius 3 is 1.44 bits per heavy atom. The van der Waals surface area contributed by atoms with E-state index in [1.807, 2.05) is 62.3 Å². The molecule has 0 amide bonds. The van der Waals surface area contributed by atoms with Crippen LogP contribution in [0.2, 0.25) is 0 Å². The first-order valence-electron chi connectivity index (χ1n) is 9.93. The summed E-state index contributed by atoms with van der Waals surface area (Å²) in [6, 6.07) is 0. The van der Waals surface area contributed by atoms with Gasteiger partial charge in [-0.2, -0.15) is 9.78 Å². The summed E-state index contributed by atoms with van der Waals surface area (Å²) in [7, 11) is 0. The molecule has 1 saturated carbocycles. The Morgan fingerprint density at radius 1 is 0.667 bits per heavy atom. The van der Waals surface area contributed by atoms with Crippen LogP contribution in [-0.2, 0) is 29.3 Å². The van der Waals surface area contributed by atoms with Crippen molar-refractivity contribution in [2.45, 2.75) is 125 Å². The van der Waals surface area contributed by atoms with Crippen LogP contribution < -0.4 is 0 Å². The van der Waals surface area contributed by atoms with Gasteiger partial charge in [0.05, 0.1) is 16.8 Å². The maximum atomic E-state index is 5.96. The van der Waals surface area contributed by atoms with E-state index in [0.717, 1.165) is 6.42 Å². The van der Waals surface area contributed by atoms with Crippen molar-refractivity contribution in [3.05, 3.63) is 0 Å². The molecule has 0 bridgehead atoms. The molecule has 0 aromatic heterocycles. The highest BCUT2D eigenvalue weighted by molar-refractivity contribution is 4.97. The molecule has 0 spiro atoms. The van der Waals surface area contributed by atoms with E-state index in [4.69, 9.17) is 29.3 Å². The lowest BCUT2D eigenvalue weighted by Gasteiger charge is -2.51. The van der Waals surface area contributed by atoms with Crippen LogP contribution in [0.25, 0.3) is 0 Å². The molecule has 1 fully saturated rings. The van der Waals surface area contributed by atoms with Crippen molar-refractivity contribution in [2.75, 3.05) is 0 Å². The topological polar surface area (TPSA) is 55.4 Å². The lowest BCUT2D eigenvalue weighted by Crippen LogP contribution is -2.61. The zero-order chi connectivity index (χ0) is 21.3. The van der Waals surface area contributed by atoms with Crippen molar-refractivity contribution in [1.29, 1.82) is 0 Å². The molecule has 162 valence electrons. The quantitative estimate of drug-likeness (QED) is 0.327. The molecule has 0 saturated heterocycles. The van der Waals surface area contributed by atoms with Gasteiger partial charge >= 0.3 is 0 Å². The predicted octanol–water partition coefficient (Wildman–Crippen LogP) is 5.75. The second-order valence-corrected chi connectivity index (χ2v) is 11.5. The van der Waals surface area contributed by atoms with Gasteiger partial charge in [-0.1, -0.05) is 20.8 Å². The van der Waals surface area contributed by atoms with Gasteiger partial charge in [0.15, 0.2) is 6.10 Å². The lowest BCUT2D eigenvalue weighted by atomic mass is 9.67. The van der Waals surface area contributed by atoms with Gasteiger partial charge in [-0.15, -0.1) is 0 Å². The highest BCUT2D eigenvalue weighted by atomic mass is 17.3. The molecule has 0 aromatic carbocycles. The molecule has 0 aliphatic heterocycles. The fourth-order valence-corrected chi connectivity index (χ4v) is 3.22. The number of rotatable bonds is 6. The van der Waals surface area contributed by atoms with Gasteiger partial charge in [0.2, 0.25) is 0 Å². The van der Waals surface area contributed by atoms with E-state index >= 15 is 0 Å². The van der Waals surface area contributed by atoms with Crippen molar-refractivity contribution in [1.82, 2.24) is 0 Å². The van der Waals surface area contributed by atoms with Gasteiger partial charge in [0.1, 0.15) is 0 Å². The zero-order valence-electron chi connectivity index (χ0n) is 19.5. The third kappa shape index (κ3) is 8.34. The Hall–Kier alpha value is -0.240. The van der Waals surface area contributed by atoms with Crippen molar-refractivity contribution in [3.8, 4) is 0 Å². The van der Waals surface area contributed by atoms with Gasteiger partial charge in [-0.05, 0) is 80.1 Å². The Kier molecular flexibility index (Phi) is 7.57. The van der Waals surface area contributed by atoms with Gasteiger partial charge in [0.25, 0.3) is 5.79 Å². The molecule has 27 heavy (non-hydrogen) atoms. The van der Waals surface area contributed by atoms with E-state index in [1.54, 1.807) is 0 Å². The summed E-state index contributed by atoms with van der Waals surface area (Å²) in [5.74, 6) is -0.936. The molecule has 2 atom stereocenters. The maximum Gasteiger partial charge on any atom is 0.263 e. The summed E-state index contributed by atoms with van der Waals surface area (Å²) in [4.78, 5) is 35.0. The van der Waals surface area contributed by atoms with Crippen LogP contribution in [-0.4, -0.2) is 28.7 Å². The van der Waals surface area contributed by atoms with Crippen LogP contribution in [0.4, 0.5) is 0 Å². The van der Waals surface area contributed by atoms with Crippen LogP contribution in [0, 0.1) is 11.3 Å². The SMILES string of the molecule is CC1CC(C)(C)C(OOC(C)(C)C)C(OOC(C)(C)C)(OOC(C)(C)C)C1. The predicted molar refractivity (Wildman–Crippen MR) is 104 cm³/mol. The first kappa shape index (κ1) is 24.8.